The van der Waals surface area contributed by atoms with Crippen LogP contribution >= 0.6 is 11.6 Å². The maximum absolute atomic E-state index is 13.7. The van der Waals surface area contributed by atoms with Crippen molar-refractivity contribution in [2.24, 2.45) is 5.92 Å². The van der Waals surface area contributed by atoms with E-state index in [1.807, 2.05) is 38.1 Å². The Hall–Kier alpha value is -2.40. The number of hydrogen-bond donors (Lipinski definition) is 1. The van der Waals surface area contributed by atoms with Crippen LogP contribution in [0, 0.1) is 11.7 Å². The number of esters is 1. The third kappa shape index (κ3) is 5.54. The summed E-state index contributed by atoms with van der Waals surface area (Å²) in [5, 5.41) is 2.80. The van der Waals surface area contributed by atoms with E-state index in [1.54, 1.807) is 0 Å². The molecule has 2 rings (SSSR count). The predicted octanol–water partition coefficient (Wildman–Crippen LogP) is 4.71. The Bertz CT molecular complexity index is 785. The lowest BCUT2D eigenvalue weighted by molar-refractivity contribution is -0.125. The van der Waals surface area contributed by atoms with Gasteiger partial charge in [-0.1, -0.05) is 62.7 Å². The van der Waals surface area contributed by atoms with Gasteiger partial charge in [-0.3, -0.25) is 4.79 Å². The average Bonchev–Trinajstić information content (AvgIpc) is 2.64. The molecule has 27 heavy (non-hydrogen) atoms. The van der Waals surface area contributed by atoms with Gasteiger partial charge in [0.25, 0.3) is 5.91 Å². The normalized spacial score (nSPS) is 11.9. The summed E-state index contributed by atoms with van der Waals surface area (Å²) in [6.45, 7) is 5.54. The molecule has 0 bridgehead atoms. The number of rotatable bonds is 7. The Balaban J connectivity index is 2.00. The number of benzene rings is 2. The van der Waals surface area contributed by atoms with Crippen LogP contribution in [0.4, 0.5) is 4.39 Å². The van der Waals surface area contributed by atoms with Crippen LogP contribution in [0.25, 0.3) is 0 Å². The molecule has 1 N–H and O–H groups in total. The van der Waals surface area contributed by atoms with E-state index >= 15 is 0 Å². The minimum absolute atomic E-state index is 0.0588. The van der Waals surface area contributed by atoms with Gasteiger partial charge in [0, 0.05) is 0 Å². The molecule has 144 valence electrons. The lowest BCUT2D eigenvalue weighted by atomic mass is 9.95. The molecule has 0 spiro atoms. The van der Waals surface area contributed by atoms with Gasteiger partial charge in [0.15, 0.2) is 6.61 Å². The molecule has 0 aliphatic heterocycles. The second-order valence-corrected chi connectivity index (χ2v) is 6.96. The molecule has 6 heteroatoms. The van der Waals surface area contributed by atoms with Crippen molar-refractivity contribution in [2.45, 2.75) is 33.2 Å². The third-order valence-corrected chi connectivity index (χ3v) is 4.55. The molecule has 0 saturated heterocycles. The van der Waals surface area contributed by atoms with Gasteiger partial charge in [0.05, 0.1) is 11.1 Å². The van der Waals surface area contributed by atoms with E-state index in [1.165, 1.54) is 17.7 Å². The minimum Gasteiger partial charge on any atom is -0.452 e. The molecule has 1 amide bonds. The highest BCUT2D eigenvalue weighted by atomic mass is 35.5. The number of amides is 1. The highest BCUT2D eigenvalue weighted by molar-refractivity contribution is 6.33. The van der Waals surface area contributed by atoms with E-state index in [4.69, 9.17) is 16.3 Å². The van der Waals surface area contributed by atoms with Crippen molar-refractivity contribution in [2.75, 3.05) is 6.61 Å². The van der Waals surface area contributed by atoms with E-state index in [9.17, 15) is 14.0 Å². The van der Waals surface area contributed by atoms with Gasteiger partial charge in [-0.15, -0.1) is 0 Å². The van der Waals surface area contributed by atoms with E-state index in [0.717, 1.165) is 18.1 Å². The average molecular weight is 392 g/mol. The molecular formula is C21H23ClFNO3. The van der Waals surface area contributed by atoms with Gasteiger partial charge >= 0.3 is 5.97 Å². The molecule has 1 atom stereocenters. The van der Waals surface area contributed by atoms with Gasteiger partial charge in [-0.25, -0.2) is 9.18 Å². The van der Waals surface area contributed by atoms with Crippen LogP contribution in [0.1, 0.15) is 48.3 Å². The molecule has 4 nitrogen and oxygen atoms in total. The zero-order valence-electron chi connectivity index (χ0n) is 15.6. The summed E-state index contributed by atoms with van der Waals surface area (Å²) in [5.74, 6) is -2.09. The largest absolute Gasteiger partial charge is 0.452 e. The smallest absolute Gasteiger partial charge is 0.343 e. The fourth-order valence-corrected chi connectivity index (χ4v) is 2.95. The SMILES string of the molecule is CCc1ccc([C@H](NC(=O)COC(=O)c2c(F)cccc2Cl)C(C)C)cc1. The summed E-state index contributed by atoms with van der Waals surface area (Å²) in [5.41, 5.74) is 1.81. The summed E-state index contributed by atoms with van der Waals surface area (Å²) >= 11 is 5.83. The van der Waals surface area contributed by atoms with Crippen LogP contribution < -0.4 is 5.32 Å². The first-order chi connectivity index (χ1) is 12.8. The minimum atomic E-state index is -0.971. The van der Waals surface area contributed by atoms with Gasteiger partial charge in [0.1, 0.15) is 11.4 Å². The predicted molar refractivity (Wildman–Crippen MR) is 103 cm³/mol. The topological polar surface area (TPSA) is 55.4 Å². The van der Waals surface area contributed by atoms with Crippen molar-refractivity contribution < 1.29 is 18.7 Å². The number of carbonyl (C=O) groups excluding carboxylic acids is 2. The summed E-state index contributed by atoms with van der Waals surface area (Å²) in [6.07, 6.45) is 0.938. The fourth-order valence-electron chi connectivity index (χ4n) is 2.71. The second kappa shape index (κ2) is 9.51. The van der Waals surface area contributed by atoms with Crippen molar-refractivity contribution in [3.63, 3.8) is 0 Å². The van der Waals surface area contributed by atoms with Crippen LogP contribution in [0.15, 0.2) is 42.5 Å². The maximum atomic E-state index is 13.7. The molecule has 2 aromatic carbocycles. The van der Waals surface area contributed by atoms with Gasteiger partial charge < -0.3 is 10.1 Å². The first kappa shape index (κ1) is 20.9. The molecule has 0 aromatic heterocycles. The molecule has 0 aliphatic rings. The Labute approximate surface area is 163 Å². The first-order valence-electron chi connectivity index (χ1n) is 8.82. The first-order valence-corrected chi connectivity index (χ1v) is 9.20. The lowest BCUT2D eigenvalue weighted by Gasteiger charge is -2.23. The van der Waals surface area contributed by atoms with Crippen molar-refractivity contribution in [3.05, 3.63) is 70.0 Å². The van der Waals surface area contributed by atoms with Gasteiger partial charge in [-0.2, -0.15) is 0 Å². The number of nitrogens with one attached hydrogen (secondary N) is 1. The number of carbonyl (C=O) groups is 2. The van der Waals surface area contributed by atoms with E-state index in [2.05, 4.69) is 12.2 Å². The summed E-state index contributed by atoms with van der Waals surface area (Å²) in [7, 11) is 0. The van der Waals surface area contributed by atoms with E-state index < -0.39 is 24.3 Å². The Kier molecular flexibility index (Phi) is 7.36. The van der Waals surface area contributed by atoms with Crippen LogP contribution in [-0.4, -0.2) is 18.5 Å². The van der Waals surface area contributed by atoms with Crippen LogP contribution in [0.5, 0.6) is 0 Å². The summed E-state index contributed by atoms with van der Waals surface area (Å²) in [6, 6.07) is 11.7. The monoisotopic (exact) mass is 391 g/mol. The molecule has 2 aromatic rings. The molecule has 0 radical (unpaired) electrons. The number of aryl methyl sites for hydroxylation is 1. The van der Waals surface area contributed by atoms with Crippen LogP contribution in [0.2, 0.25) is 5.02 Å². The number of hydrogen-bond acceptors (Lipinski definition) is 3. The van der Waals surface area contributed by atoms with E-state index in [0.29, 0.717) is 0 Å². The summed E-state index contributed by atoms with van der Waals surface area (Å²) in [4.78, 5) is 24.3. The number of ether oxygens (including phenoxy) is 1. The fraction of sp³-hybridized carbons (Fsp3) is 0.333. The van der Waals surface area contributed by atoms with Crippen molar-refractivity contribution >= 4 is 23.5 Å². The van der Waals surface area contributed by atoms with E-state index in [-0.39, 0.29) is 22.5 Å². The Morgan fingerprint density at radius 3 is 2.37 bits per heavy atom. The maximum Gasteiger partial charge on any atom is 0.343 e. The molecule has 0 saturated carbocycles. The van der Waals surface area contributed by atoms with Crippen molar-refractivity contribution in [1.82, 2.24) is 5.32 Å². The Morgan fingerprint density at radius 1 is 1.15 bits per heavy atom. The number of halogens is 2. The molecule has 0 unspecified atom stereocenters. The third-order valence-electron chi connectivity index (χ3n) is 4.23. The van der Waals surface area contributed by atoms with Crippen molar-refractivity contribution in [1.29, 1.82) is 0 Å². The van der Waals surface area contributed by atoms with Gasteiger partial charge in [0.2, 0.25) is 0 Å². The molecule has 0 aliphatic carbocycles. The summed E-state index contributed by atoms with van der Waals surface area (Å²) < 4.78 is 18.7. The molecular weight excluding hydrogens is 369 g/mol. The Morgan fingerprint density at radius 2 is 1.81 bits per heavy atom. The standard InChI is InChI=1S/C21H23ClFNO3/c1-4-14-8-10-15(11-9-14)20(13(2)3)24-18(25)12-27-21(26)19-16(22)6-5-7-17(19)23/h5-11,13,20H,4,12H2,1-3H3,(H,24,25)/t20-/m1/s1. The van der Waals surface area contributed by atoms with Crippen LogP contribution in [0.3, 0.4) is 0 Å². The highest BCUT2D eigenvalue weighted by Crippen LogP contribution is 2.23. The highest BCUT2D eigenvalue weighted by Gasteiger charge is 2.21. The second-order valence-electron chi connectivity index (χ2n) is 6.56. The van der Waals surface area contributed by atoms with Crippen LogP contribution in [-0.2, 0) is 16.0 Å². The zero-order chi connectivity index (χ0) is 20.0. The quantitative estimate of drug-likeness (QED) is 0.695. The molecule has 0 heterocycles. The van der Waals surface area contributed by atoms with Gasteiger partial charge in [-0.05, 0) is 35.6 Å². The van der Waals surface area contributed by atoms with Crippen molar-refractivity contribution in [3.8, 4) is 0 Å². The molecule has 0 fully saturated rings. The lowest BCUT2D eigenvalue weighted by Crippen LogP contribution is -2.35. The zero-order valence-corrected chi connectivity index (χ0v) is 16.3.